The van der Waals surface area contributed by atoms with Crippen LogP contribution in [0.1, 0.15) is 25.1 Å². The van der Waals surface area contributed by atoms with E-state index in [1.807, 2.05) is 13.8 Å². The standard InChI is InChI=1S/C23H26N6O8S2/c1-12(2)7-37-27-16(15-9-38-22(24)25-15)18(30)26-17-19(31)28-10-23(33,11-39-20(17)28)21(32)36-8-13-3-5-14(6-4-13)29(34)35/h3-6,9,12,17,20,33H,7-8,10-11H2,1-2H3,(H2,24,25)(H,26,30)/t17?,20-,23?/m1/s1. The Hall–Kier alpha value is -3.76. The maximum absolute atomic E-state index is 13.0. The van der Waals surface area contributed by atoms with E-state index < -0.39 is 39.7 Å². The predicted octanol–water partition coefficient (Wildman–Crippen LogP) is 0.885. The number of hydrogen-bond acceptors (Lipinski definition) is 13. The lowest BCUT2D eigenvalue weighted by molar-refractivity contribution is -0.384. The molecule has 3 heterocycles. The Morgan fingerprint density at radius 1 is 1.38 bits per heavy atom. The number of amides is 2. The molecule has 2 aliphatic rings. The number of thiazole rings is 1. The fourth-order valence-corrected chi connectivity index (χ4v) is 5.68. The number of nitro benzene ring substituents is 1. The van der Waals surface area contributed by atoms with E-state index in [1.54, 1.807) is 5.38 Å². The summed E-state index contributed by atoms with van der Waals surface area (Å²) in [6, 6.07) is 4.54. The number of nitrogens with zero attached hydrogens (tertiary/aromatic N) is 4. The van der Waals surface area contributed by atoms with Gasteiger partial charge >= 0.3 is 5.97 Å². The van der Waals surface area contributed by atoms with E-state index in [1.165, 1.54) is 29.2 Å². The number of aliphatic hydroxyl groups is 1. The normalized spacial score (nSPS) is 22.6. The van der Waals surface area contributed by atoms with Crippen molar-refractivity contribution in [3.63, 3.8) is 0 Å². The zero-order valence-corrected chi connectivity index (χ0v) is 22.6. The predicted molar refractivity (Wildman–Crippen MR) is 142 cm³/mol. The molecule has 2 aliphatic heterocycles. The number of oxime groups is 1. The van der Waals surface area contributed by atoms with Gasteiger partial charge < -0.3 is 30.6 Å². The summed E-state index contributed by atoms with van der Waals surface area (Å²) in [5, 5.41) is 29.5. The molecule has 3 atom stereocenters. The van der Waals surface area contributed by atoms with E-state index in [9.17, 15) is 29.6 Å². The number of non-ortho nitro benzene ring substituents is 1. The lowest BCUT2D eigenvalue weighted by atomic mass is 9.99. The Kier molecular flexibility index (Phi) is 8.36. The average molecular weight is 579 g/mol. The Morgan fingerprint density at radius 3 is 2.72 bits per heavy atom. The number of aromatic nitrogens is 1. The quantitative estimate of drug-likeness (QED) is 0.119. The molecule has 0 radical (unpaired) electrons. The van der Waals surface area contributed by atoms with Gasteiger partial charge in [-0.05, 0) is 23.6 Å². The summed E-state index contributed by atoms with van der Waals surface area (Å²) < 4.78 is 5.22. The van der Waals surface area contributed by atoms with Crippen molar-refractivity contribution in [1.82, 2.24) is 15.2 Å². The number of nitro groups is 1. The molecule has 0 saturated carbocycles. The Bertz CT molecular complexity index is 1300. The number of carbonyl (C=O) groups is 3. The van der Waals surface area contributed by atoms with E-state index in [-0.39, 0.29) is 53.7 Å². The van der Waals surface area contributed by atoms with Crippen molar-refractivity contribution in [2.75, 3.05) is 24.6 Å². The first-order valence-corrected chi connectivity index (χ1v) is 13.7. The van der Waals surface area contributed by atoms with Crippen molar-refractivity contribution in [3.8, 4) is 0 Å². The largest absolute Gasteiger partial charge is 0.459 e. The van der Waals surface area contributed by atoms with Crippen LogP contribution in [0.4, 0.5) is 10.8 Å². The number of nitrogens with two attached hydrogens (primary N) is 1. The highest BCUT2D eigenvalue weighted by Gasteiger charge is 2.57. The van der Waals surface area contributed by atoms with Crippen molar-refractivity contribution in [3.05, 3.63) is 51.0 Å². The van der Waals surface area contributed by atoms with Crippen LogP contribution in [0.5, 0.6) is 0 Å². The van der Waals surface area contributed by atoms with E-state index in [2.05, 4.69) is 15.5 Å². The number of esters is 1. The number of β-lactam (4-membered cyclic amide) rings is 1. The van der Waals surface area contributed by atoms with Gasteiger partial charge in [0.25, 0.3) is 11.6 Å². The smallest absolute Gasteiger partial charge is 0.341 e. The van der Waals surface area contributed by atoms with Crippen LogP contribution >= 0.6 is 23.1 Å². The molecule has 1 aromatic heterocycles. The van der Waals surface area contributed by atoms with Gasteiger partial charge in [-0.15, -0.1) is 23.1 Å². The number of fused-ring (bicyclic) bond motifs is 1. The second-order valence-electron chi connectivity index (χ2n) is 9.35. The van der Waals surface area contributed by atoms with Gasteiger partial charge in [0.05, 0.1) is 11.5 Å². The number of nitrogens with one attached hydrogen (secondary N) is 1. The molecule has 4 N–H and O–H groups in total. The third-order valence-corrected chi connectivity index (χ3v) is 7.98. The molecule has 2 amide bonds. The van der Waals surface area contributed by atoms with E-state index in [0.29, 0.717) is 5.56 Å². The maximum atomic E-state index is 13.0. The first-order valence-electron chi connectivity index (χ1n) is 11.8. The van der Waals surface area contributed by atoms with Gasteiger partial charge in [0.1, 0.15) is 30.3 Å². The van der Waals surface area contributed by atoms with Crippen LogP contribution in [-0.4, -0.2) is 79.3 Å². The molecule has 0 spiro atoms. The SMILES string of the molecule is CC(C)CON=C(C(=O)NC1C(=O)N2CC(O)(C(=O)OCc3ccc([N+](=O)[O-])cc3)CS[C@H]12)c1csc(N)n1. The number of ether oxygens (including phenoxy) is 1. The molecular formula is C23H26N6O8S2. The van der Waals surface area contributed by atoms with Crippen molar-refractivity contribution in [2.45, 2.75) is 37.5 Å². The molecule has 2 saturated heterocycles. The second kappa shape index (κ2) is 11.5. The monoisotopic (exact) mass is 578 g/mol. The summed E-state index contributed by atoms with van der Waals surface area (Å²) >= 11 is 2.25. The second-order valence-corrected chi connectivity index (χ2v) is 11.3. The highest BCUT2D eigenvalue weighted by Crippen LogP contribution is 2.39. The fraction of sp³-hybridized carbons (Fsp3) is 0.435. The minimum Gasteiger partial charge on any atom is -0.459 e. The third kappa shape index (κ3) is 6.29. The Labute approximate surface area is 230 Å². The van der Waals surface area contributed by atoms with E-state index in [4.69, 9.17) is 15.3 Å². The van der Waals surface area contributed by atoms with Crippen molar-refractivity contribution in [1.29, 1.82) is 0 Å². The fourth-order valence-electron chi connectivity index (χ4n) is 3.74. The number of nitrogen functional groups attached to an aromatic ring is 1. The molecule has 0 bridgehead atoms. The van der Waals surface area contributed by atoms with E-state index in [0.717, 1.165) is 23.1 Å². The number of benzene rings is 1. The van der Waals surface area contributed by atoms with Gasteiger partial charge in [-0.2, -0.15) is 0 Å². The van der Waals surface area contributed by atoms with Gasteiger partial charge in [0.2, 0.25) is 5.91 Å². The highest BCUT2D eigenvalue weighted by molar-refractivity contribution is 8.00. The molecule has 1 aromatic carbocycles. The molecule has 2 aromatic rings. The summed E-state index contributed by atoms with van der Waals surface area (Å²) in [6.07, 6.45) is 0. The van der Waals surface area contributed by atoms with Crippen LogP contribution in [0.15, 0.2) is 34.8 Å². The van der Waals surface area contributed by atoms with Gasteiger partial charge in [0.15, 0.2) is 16.4 Å². The van der Waals surface area contributed by atoms with Gasteiger partial charge in [-0.1, -0.05) is 19.0 Å². The van der Waals surface area contributed by atoms with Crippen LogP contribution in [0.3, 0.4) is 0 Å². The zero-order valence-electron chi connectivity index (χ0n) is 20.9. The lowest BCUT2D eigenvalue weighted by Gasteiger charge is -2.52. The van der Waals surface area contributed by atoms with Gasteiger partial charge in [-0.25, -0.2) is 9.78 Å². The molecule has 39 heavy (non-hydrogen) atoms. The minimum absolute atomic E-state index is 0.0754. The van der Waals surface area contributed by atoms with Crippen molar-refractivity contribution in [2.24, 2.45) is 11.1 Å². The van der Waals surface area contributed by atoms with Crippen LogP contribution in [0, 0.1) is 16.0 Å². The lowest BCUT2D eigenvalue weighted by Crippen LogP contribution is -2.75. The highest BCUT2D eigenvalue weighted by atomic mass is 32.2. The van der Waals surface area contributed by atoms with Crippen molar-refractivity contribution >= 4 is 57.4 Å². The molecule has 208 valence electrons. The maximum Gasteiger partial charge on any atom is 0.341 e. The first-order chi connectivity index (χ1) is 18.5. The summed E-state index contributed by atoms with van der Waals surface area (Å²) in [5.74, 6) is -1.99. The molecule has 2 unspecified atom stereocenters. The van der Waals surface area contributed by atoms with Gasteiger partial charge in [0, 0.05) is 23.3 Å². The Morgan fingerprint density at radius 2 is 2.10 bits per heavy atom. The third-order valence-electron chi connectivity index (χ3n) is 5.79. The number of thioether (sulfide) groups is 1. The van der Waals surface area contributed by atoms with Crippen LogP contribution in [0.2, 0.25) is 0 Å². The van der Waals surface area contributed by atoms with Gasteiger partial charge in [-0.3, -0.25) is 19.7 Å². The number of carbonyl (C=O) groups excluding carboxylic acids is 3. The molecule has 2 fully saturated rings. The zero-order chi connectivity index (χ0) is 28.3. The van der Waals surface area contributed by atoms with E-state index >= 15 is 0 Å². The summed E-state index contributed by atoms with van der Waals surface area (Å²) in [7, 11) is 0. The van der Waals surface area contributed by atoms with Crippen molar-refractivity contribution < 1.29 is 34.0 Å². The molecule has 16 heteroatoms. The molecular weight excluding hydrogens is 552 g/mol. The number of anilines is 1. The topological polar surface area (TPSA) is 200 Å². The first kappa shape index (κ1) is 28.3. The molecule has 0 aliphatic carbocycles. The summed E-state index contributed by atoms with van der Waals surface area (Å²) in [6.45, 7) is 3.59. The van der Waals surface area contributed by atoms with Crippen LogP contribution in [-0.2, 0) is 30.6 Å². The number of rotatable bonds is 10. The minimum atomic E-state index is -1.96. The summed E-state index contributed by atoms with van der Waals surface area (Å²) in [5.41, 5.74) is 4.22. The number of hydrogen-bond donors (Lipinski definition) is 3. The molecule has 14 nitrogen and oxygen atoms in total. The summed E-state index contributed by atoms with van der Waals surface area (Å²) in [4.78, 5) is 59.4. The average Bonchev–Trinajstić information content (AvgIpc) is 3.33. The Balaban J connectivity index is 1.35. The van der Waals surface area contributed by atoms with Crippen LogP contribution < -0.4 is 11.1 Å². The van der Waals surface area contributed by atoms with Crippen LogP contribution in [0.25, 0.3) is 0 Å². The molecule has 4 rings (SSSR count).